The lowest BCUT2D eigenvalue weighted by atomic mass is 9.95. The van der Waals surface area contributed by atoms with Crippen LogP contribution in [-0.4, -0.2) is 15.8 Å². The van der Waals surface area contributed by atoms with Gasteiger partial charge < -0.3 is 0 Å². The number of aromatic nitrogens is 2. The number of hydrogen-bond donors (Lipinski definition) is 2. The van der Waals surface area contributed by atoms with Gasteiger partial charge in [-0.1, -0.05) is 43.9 Å². The zero-order valence-electron chi connectivity index (χ0n) is 12.9. The molecule has 1 aliphatic rings. The van der Waals surface area contributed by atoms with Gasteiger partial charge in [0, 0.05) is 24.4 Å². The summed E-state index contributed by atoms with van der Waals surface area (Å²) in [5.74, 6) is 6.64. The van der Waals surface area contributed by atoms with Crippen LogP contribution in [0.3, 0.4) is 0 Å². The van der Waals surface area contributed by atoms with Crippen molar-refractivity contribution < 1.29 is 0 Å². The first-order valence-electron chi connectivity index (χ1n) is 8.22. The highest BCUT2D eigenvalue weighted by molar-refractivity contribution is 5.82. The normalized spacial score (nSPS) is 17.6. The van der Waals surface area contributed by atoms with Crippen LogP contribution in [0.1, 0.15) is 44.7 Å². The summed E-state index contributed by atoms with van der Waals surface area (Å²) in [4.78, 5) is 0. The molecular formula is C17H26N4. The van der Waals surface area contributed by atoms with Gasteiger partial charge in [-0.15, -0.1) is 0 Å². The summed E-state index contributed by atoms with van der Waals surface area (Å²) in [6.45, 7) is 3.05. The molecule has 0 radical (unpaired) electrons. The molecule has 1 saturated carbocycles. The van der Waals surface area contributed by atoms with E-state index < -0.39 is 0 Å². The van der Waals surface area contributed by atoms with Gasteiger partial charge in [0.2, 0.25) is 0 Å². The average Bonchev–Trinajstić information content (AvgIpc) is 3.14. The van der Waals surface area contributed by atoms with Crippen LogP contribution in [0.4, 0.5) is 0 Å². The quantitative estimate of drug-likeness (QED) is 0.634. The predicted molar refractivity (Wildman–Crippen MR) is 86.8 cm³/mol. The number of nitrogens with one attached hydrogen (secondary N) is 1. The lowest BCUT2D eigenvalue weighted by Crippen LogP contribution is -2.38. The Kier molecular flexibility index (Phi) is 4.56. The van der Waals surface area contributed by atoms with Gasteiger partial charge in [-0.2, -0.15) is 5.10 Å². The molecule has 21 heavy (non-hydrogen) atoms. The van der Waals surface area contributed by atoms with Crippen molar-refractivity contribution in [2.75, 3.05) is 0 Å². The number of benzene rings is 1. The molecule has 0 aliphatic heterocycles. The number of aryl methyl sites for hydroxylation is 1. The van der Waals surface area contributed by atoms with E-state index in [9.17, 15) is 0 Å². The Morgan fingerprint density at radius 1 is 1.33 bits per heavy atom. The van der Waals surface area contributed by atoms with Crippen LogP contribution in [0.15, 0.2) is 24.3 Å². The molecule has 1 unspecified atom stereocenters. The summed E-state index contributed by atoms with van der Waals surface area (Å²) in [6.07, 6.45) is 7.58. The van der Waals surface area contributed by atoms with Gasteiger partial charge in [-0.25, -0.2) is 0 Å². The van der Waals surface area contributed by atoms with Crippen molar-refractivity contribution in [1.29, 1.82) is 0 Å². The van der Waals surface area contributed by atoms with Crippen LogP contribution >= 0.6 is 0 Å². The maximum atomic E-state index is 5.80. The van der Waals surface area contributed by atoms with E-state index in [2.05, 4.69) is 41.3 Å². The Balaban J connectivity index is 1.79. The van der Waals surface area contributed by atoms with Crippen molar-refractivity contribution in [3.05, 3.63) is 30.0 Å². The van der Waals surface area contributed by atoms with Crippen LogP contribution in [0, 0.1) is 5.92 Å². The molecule has 0 saturated heterocycles. The fourth-order valence-corrected chi connectivity index (χ4v) is 3.68. The zero-order valence-corrected chi connectivity index (χ0v) is 12.9. The number of hydrazine groups is 1. The third-order valence-electron chi connectivity index (χ3n) is 4.80. The first kappa shape index (κ1) is 14.5. The second-order valence-electron chi connectivity index (χ2n) is 6.23. The number of fused-ring (bicyclic) bond motifs is 1. The van der Waals surface area contributed by atoms with Crippen molar-refractivity contribution in [3.8, 4) is 0 Å². The van der Waals surface area contributed by atoms with Crippen molar-refractivity contribution in [2.24, 2.45) is 11.8 Å². The SMILES string of the molecule is CCn1nc(CC(CC2CCCC2)NN)c2ccccc21. The van der Waals surface area contributed by atoms with Crippen LogP contribution in [0.5, 0.6) is 0 Å². The Labute approximate surface area is 126 Å². The predicted octanol–water partition coefficient (Wildman–Crippen LogP) is 3.01. The van der Waals surface area contributed by atoms with Gasteiger partial charge in [0.05, 0.1) is 11.2 Å². The Morgan fingerprint density at radius 2 is 2.10 bits per heavy atom. The monoisotopic (exact) mass is 286 g/mol. The molecule has 3 N–H and O–H groups in total. The molecular weight excluding hydrogens is 260 g/mol. The molecule has 1 atom stereocenters. The molecule has 114 valence electrons. The van der Waals surface area contributed by atoms with E-state index in [4.69, 9.17) is 10.9 Å². The van der Waals surface area contributed by atoms with Crippen LogP contribution in [0.25, 0.3) is 10.9 Å². The summed E-state index contributed by atoms with van der Waals surface area (Å²) in [6, 6.07) is 8.83. The molecule has 0 bridgehead atoms. The van der Waals surface area contributed by atoms with Gasteiger partial charge in [-0.3, -0.25) is 16.0 Å². The Bertz CT molecular complexity index is 583. The molecule has 2 aromatic rings. The molecule has 1 fully saturated rings. The third kappa shape index (κ3) is 3.11. The highest BCUT2D eigenvalue weighted by atomic mass is 15.3. The number of nitrogens with zero attached hydrogens (tertiary/aromatic N) is 2. The van der Waals surface area contributed by atoms with Crippen molar-refractivity contribution in [3.63, 3.8) is 0 Å². The summed E-state index contributed by atoms with van der Waals surface area (Å²) in [5, 5.41) is 6.06. The minimum absolute atomic E-state index is 0.330. The maximum Gasteiger partial charge on any atom is 0.0719 e. The molecule has 0 spiro atoms. The Morgan fingerprint density at radius 3 is 2.81 bits per heavy atom. The van der Waals surface area contributed by atoms with Crippen molar-refractivity contribution in [2.45, 2.75) is 58.0 Å². The summed E-state index contributed by atoms with van der Waals surface area (Å²) in [7, 11) is 0. The van der Waals surface area contributed by atoms with Gasteiger partial charge in [0.1, 0.15) is 0 Å². The fraction of sp³-hybridized carbons (Fsp3) is 0.588. The van der Waals surface area contributed by atoms with Crippen LogP contribution in [0.2, 0.25) is 0 Å². The van der Waals surface area contributed by atoms with Gasteiger partial charge in [0.15, 0.2) is 0 Å². The number of hydrogen-bond acceptors (Lipinski definition) is 3. The molecule has 4 nitrogen and oxygen atoms in total. The van der Waals surface area contributed by atoms with E-state index in [1.807, 2.05) is 0 Å². The number of rotatable bonds is 6. The first-order chi connectivity index (χ1) is 10.3. The van der Waals surface area contributed by atoms with Crippen LogP contribution < -0.4 is 11.3 Å². The molecule has 4 heteroatoms. The largest absolute Gasteiger partial charge is 0.271 e. The molecule has 0 amide bonds. The first-order valence-corrected chi connectivity index (χ1v) is 8.22. The van der Waals surface area contributed by atoms with E-state index >= 15 is 0 Å². The van der Waals surface area contributed by atoms with Gasteiger partial charge >= 0.3 is 0 Å². The summed E-state index contributed by atoms with van der Waals surface area (Å²) < 4.78 is 2.09. The molecule has 1 aromatic carbocycles. The van der Waals surface area contributed by atoms with E-state index in [0.29, 0.717) is 6.04 Å². The standard InChI is InChI=1S/C17H26N4/c1-2-21-17-10-6-5-9-15(17)16(20-21)12-14(19-18)11-13-7-3-4-8-13/h5-6,9-10,13-14,19H,2-4,7-8,11-12,18H2,1H3. The highest BCUT2D eigenvalue weighted by Gasteiger charge is 2.21. The fourth-order valence-electron chi connectivity index (χ4n) is 3.68. The van der Waals surface area contributed by atoms with Crippen molar-refractivity contribution >= 4 is 10.9 Å². The highest BCUT2D eigenvalue weighted by Crippen LogP contribution is 2.29. The van der Waals surface area contributed by atoms with Crippen LogP contribution in [-0.2, 0) is 13.0 Å². The molecule has 1 heterocycles. The molecule has 3 rings (SSSR count). The van der Waals surface area contributed by atoms with E-state index in [0.717, 1.165) is 18.9 Å². The number of para-hydroxylation sites is 1. The van der Waals surface area contributed by atoms with Gasteiger partial charge in [-0.05, 0) is 25.3 Å². The summed E-state index contributed by atoms with van der Waals surface area (Å²) in [5.41, 5.74) is 5.42. The van der Waals surface area contributed by atoms with E-state index in [1.165, 1.54) is 48.7 Å². The molecule has 1 aromatic heterocycles. The van der Waals surface area contributed by atoms with Crippen molar-refractivity contribution in [1.82, 2.24) is 15.2 Å². The number of nitrogens with two attached hydrogens (primary N) is 1. The molecule has 1 aliphatic carbocycles. The lowest BCUT2D eigenvalue weighted by Gasteiger charge is -2.19. The second kappa shape index (κ2) is 6.58. The van der Waals surface area contributed by atoms with Gasteiger partial charge in [0.25, 0.3) is 0 Å². The second-order valence-corrected chi connectivity index (χ2v) is 6.23. The average molecular weight is 286 g/mol. The van der Waals surface area contributed by atoms with E-state index in [-0.39, 0.29) is 0 Å². The minimum atomic E-state index is 0.330. The topological polar surface area (TPSA) is 55.9 Å². The smallest absolute Gasteiger partial charge is 0.0719 e. The van der Waals surface area contributed by atoms with E-state index in [1.54, 1.807) is 0 Å². The lowest BCUT2D eigenvalue weighted by molar-refractivity contribution is 0.387. The maximum absolute atomic E-state index is 5.80. The third-order valence-corrected chi connectivity index (χ3v) is 4.80. The zero-order chi connectivity index (χ0) is 14.7. The Hall–Kier alpha value is -1.39. The minimum Gasteiger partial charge on any atom is -0.271 e. The summed E-state index contributed by atoms with van der Waals surface area (Å²) >= 11 is 0.